The minimum Gasteiger partial charge on any atom is -0.363 e. The topological polar surface area (TPSA) is 53.6 Å². The van der Waals surface area contributed by atoms with Crippen LogP contribution in [0.4, 0.5) is 23.4 Å². The average Bonchev–Trinajstić information content (AvgIpc) is 3.15. The summed E-state index contributed by atoms with van der Waals surface area (Å²) in [5.74, 6) is 0.158. The van der Waals surface area contributed by atoms with Crippen molar-refractivity contribution in [2.75, 3.05) is 5.32 Å². The van der Waals surface area contributed by atoms with Gasteiger partial charge >= 0.3 is 6.18 Å². The molecule has 4 rings (SSSR count). The Hall–Kier alpha value is -2.39. The Kier molecular flexibility index (Phi) is 4.23. The Morgan fingerprint density at radius 2 is 1.93 bits per heavy atom. The predicted octanol–water partition coefficient (Wildman–Crippen LogP) is 5.90. The van der Waals surface area contributed by atoms with Gasteiger partial charge in [0.1, 0.15) is 10.6 Å². The van der Waals surface area contributed by atoms with E-state index in [1.807, 2.05) is 0 Å². The zero-order valence-electron chi connectivity index (χ0n) is 13.7. The first-order chi connectivity index (χ1) is 12.8. The monoisotopic (exact) mass is 414 g/mol. The number of nitrogens with zero attached hydrogens (tertiary/aromatic N) is 2. The van der Waals surface area contributed by atoms with Crippen molar-refractivity contribution >= 4 is 49.2 Å². The quantitative estimate of drug-likeness (QED) is 0.410. The molecule has 0 saturated carbocycles. The predicted molar refractivity (Wildman–Crippen MR) is 97.7 cm³/mol. The standard InChI is InChI=1S/C17H11ClF4N4S/c1-7-10-12-13(27-16(10)24-14(11(7)18)17(20,21)22)15(26-25-12)23-6-8-2-4-9(19)5-3-8/h2-5H,6H2,1H3,(H2,23,25,26). The van der Waals surface area contributed by atoms with E-state index in [1.54, 1.807) is 12.1 Å². The molecule has 1 aromatic carbocycles. The van der Waals surface area contributed by atoms with E-state index in [-0.39, 0.29) is 10.6 Å². The van der Waals surface area contributed by atoms with Gasteiger partial charge in [0, 0.05) is 11.9 Å². The first kappa shape index (κ1) is 18.0. The Labute approximate surface area is 159 Å². The number of H-pyrrole nitrogens is 1. The molecule has 0 fully saturated rings. The van der Waals surface area contributed by atoms with Gasteiger partial charge in [-0.25, -0.2) is 9.37 Å². The van der Waals surface area contributed by atoms with Crippen LogP contribution in [0.3, 0.4) is 0 Å². The summed E-state index contributed by atoms with van der Waals surface area (Å²) in [6, 6.07) is 5.98. The number of hydrogen-bond acceptors (Lipinski definition) is 4. The van der Waals surface area contributed by atoms with E-state index < -0.39 is 16.9 Å². The van der Waals surface area contributed by atoms with Gasteiger partial charge < -0.3 is 5.32 Å². The van der Waals surface area contributed by atoms with E-state index in [0.29, 0.717) is 33.5 Å². The molecule has 0 atom stereocenters. The van der Waals surface area contributed by atoms with Crippen LogP contribution in [0.15, 0.2) is 24.3 Å². The maximum atomic E-state index is 13.2. The number of anilines is 1. The van der Waals surface area contributed by atoms with Gasteiger partial charge in [-0.1, -0.05) is 23.7 Å². The summed E-state index contributed by atoms with van der Waals surface area (Å²) in [6.45, 7) is 1.91. The minimum atomic E-state index is -4.63. The molecule has 0 spiro atoms. The molecule has 0 aliphatic carbocycles. The molecule has 3 aromatic heterocycles. The Morgan fingerprint density at radius 1 is 1.22 bits per heavy atom. The van der Waals surface area contributed by atoms with Crippen molar-refractivity contribution in [2.24, 2.45) is 0 Å². The zero-order valence-corrected chi connectivity index (χ0v) is 15.3. The van der Waals surface area contributed by atoms with Crippen molar-refractivity contribution in [3.05, 3.63) is 51.9 Å². The highest BCUT2D eigenvalue weighted by atomic mass is 35.5. The van der Waals surface area contributed by atoms with E-state index in [9.17, 15) is 17.6 Å². The van der Waals surface area contributed by atoms with Gasteiger partial charge in [-0.3, -0.25) is 5.10 Å². The van der Waals surface area contributed by atoms with Crippen LogP contribution in [-0.4, -0.2) is 15.2 Å². The molecule has 0 amide bonds. The van der Waals surface area contributed by atoms with Crippen LogP contribution in [0.1, 0.15) is 16.8 Å². The van der Waals surface area contributed by atoms with Crippen molar-refractivity contribution in [1.29, 1.82) is 0 Å². The molecule has 0 bridgehead atoms. The number of benzene rings is 1. The SMILES string of the molecule is Cc1c(Cl)c(C(F)(F)F)nc2sc3c(NCc4ccc(F)cc4)n[nH]c3c12. The molecule has 10 heteroatoms. The molecule has 0 saturated heterocycles. The summed E-state index contributed by atoms with van der Waals surface area (Å²) in [5.41, 5.74) is 0.628. The highest BCUT2D eigenvalue weighted by Gasteiger charge is 2.37. The fourth-order valence-electron chi connectivity index (χ4n) is 2.82. The number of nitrogens with one attached hydrogen (secondary N) is 2. The summed E-state index contributed by atoms with van der Waals surface area (Å²) in [6.07, 6.45) is -4.63. The lowest BCUT2D eigenvalue weighted by Gasteiger charge is -2.10. The molecule has 4 nitrogen and oxygen atoms in total. The largest absolute Gasteiger partial charge is 0.434 e. The second kappa shape index (κ2) is 6.35. The van der Waals surface area contributed by atoms with E-state index >= 15 is 0 Å². The summed E-state index contributed by atoms with van der Waals surface area (Å²) in [7, 11) is 0. The van der Waals surface area contributed by atoms with E-state index in [2.05, 4.69) is 20.5 Å². The van der Waals surface area contributed by atoms with Crippen LogP contribution in [0.5, 0.6) is 0 Å². The van der Waals surface area contributed by atoms with Gasteiger partial charge in [-0.15, -0.1) is 11.3 Å². The van der Waals surface area contributed by atoms with E-state index in [0.717, 1.165) is 16.9 Å². The fourth-order valence-corrected chi connectivity index (χ4v) is 4.21. The van der Waals surface area contributed by atoms with Crippen LogP contribution in [0, 0.1) is 12.7 Å². The van der Waals surface area contributed by atoms with Crippen LogP contribution >= 0.6 is 22.9 Å². The lowest BCUT2D eigenvalue weighted by atomic mass is 10.1. The average molecular weight is 415 g/mol. The Balaban J connectivity index is 1.76. The van der Waals surface area contributed by atoms with Gasteiger partial charge in [0.25, 0.3) is 0 Å². The molecule has 0 aliphatic rings. The first-order valence-corrected chi connectivity index (χ1v) is 8.97. The lowest BCUT2D eigenvalue weighted by Crippen LogP contribution is -2.09. The summed E-state index contributed by atoms with van der Waals surface area (Å²) in [5, 5.41) is 10.2. The number of fused-ring (bicyclic) bond motifs is 3. The first-order valence-electron chi connectivity index (χ1n) is 7.78. The van der Waals surface area contributed by atoms with Crippen LogP contribution in [0.2, 0.25) is 5.02 Å². The highest BCUT2D eigenvalue weighted by Crippen LogP contribution is 2.43. The third-order valence-corrected chi connectivity index (χ3v) is 5.70. The maximum absolute atomic E-state index is 13.2. The molecular weight excluding hydrogens is 404 g/mol. The van der Waals surface area contributed by atoms with E-state index in [4.69, 9.17) is 11.6 Å². The second-order valence-corrected chi connectivity index (χ2v) is 7.31. The van der Waals surface area contributed by atoms with Gasteiger partial charge in [-0.2, -0.15) is 18.3 Å². The van der Waals surface area contributed by atoms with Crippen molar-refractivity contribution in [3.63, 3.8) is 0 Å². The number of aryl methyl sites for hydroxylation is 1. The number of alkyl halides is 3. The van der Waals surface area contributed by atoms with Gasteiger partial charge in [0.2, 0.25) is 0 Å². The summed E-state index contributed by atoms with van der Waals surface area (Å²) < 4.78 is 53.1. The van der Waals surface area contributed by atoms with E-state index in [1.165, 1.54) is 19.1 Å². The fraction of sp³-hybridized carbons (Fsp3) is 0.176. The normalized spacial score (nSPS) is 12.2. The number of aromatic nitrogens is 3. The molecular formula is C17H11ClF4N4S. The minimum absolute atomic E-state index is 0.234. The van der Waals surface area contributed by atoms with Crippen molar-refractivity contribution in [2.45, 2.75) is 19.6 Å². The summed E-state index contributed by atoms with van der Waals surface area (Å²) >= 11 is 7.02. The maximum Gasteiger partial charge on any atom is 0.434 e. The third-order valence-electron chi connectivity index (χ3n) is 4.15. The van der Waals surface area contributed by atoms with Crippen molar-refractivity contribution < 1.29 is 17.6 Å². The Morgan fingerprint density at radius 3 is 2.59 bits per heavy atom. The molecule has 2 N–H and O–H groups in total. The molecule has 140 valence electrons. The summed E-state index contributed by atoms with van der Waals surface area (Å²) in [4.78, 5) is 3.96. The molecule has 0 radical (unpaired) electrons. The lowest BCUT2D eigenvalue weighted by molar-refractivity contribution is -0.140. The molecule has 0 unspecified atom stereocenters. The van der Waals surface area contributed by atoms with Gasteiger partial charge in [-0.05, 0) is 30.2 Å². The van der Waals surface area contributed by atoms with Crippen molar-refractivity contribution in [3.8, 4) is 0 Å². The number of pyridine rings is 1. The number of thiophene rings is 1. The Bertz CT molecular complexity index is 1150. The molecule has 27 heavy (non-hydrogen) atoms. The number of hydrogen-bond donors (Lipinski definition) is 2. The number of aromatic amines is 1. The third kappa shape index (κ3) is 3.10. The van der Waals surface area contributed by atoms with Crippen LogP contribution in [-0.2, 0) is 12.7 Å². The zero-order chi connectivity index (χ0) is 19.3. The molecule has 0 aliphatic heterocycles. The highest BCUT2D eigenvalue weighted by molar-refractivity contribution is 7.26. The van der Waals surface area contributed by atoms with Crippen LogP contribution < -0.4 is 5.32 Å². The van der Waals surface area contributed by atoms with Crippen LogP contribution in [0.25, 0.3) is 20.4 Å². The number of rotatable bonds is 3. The van der Waals surface area contributed by atoms with Gasteiger partial charge in [0.15, 0.2) is 11.5 Å². The smallest absolute Gasteiger partial charge is 0.363 e. The number of halogens is 5. The van der Waals surface area contributed by atoms with Gasteiger partial charge in [0.05, 0.1) is 15.2 Å². The second-order valence-electron chi connectivity index (χ2n) is 5.94. The molecule has 4 aromatic rings. The molecule has 3 heterocycles. The van der Waals surface area contributed by atoms with Crippen molar-refractivity contribution in [1.82, 2.24) is 15.2 Å².